The van der Waals surface area contributed by atoms with Crippen molar-refractivity contribution < 1.29 is 9.84 Å². The quantitative estimate of drug-likeness (QED) is 0.805. The van der Waals surface area contributed by atoms with Crippen molar-refractivity contribution >= 4 is 24.0 Å². The summed E-state index contributed by atoms with van der Waals surface area (Å²) in [5.41, 5.74) is 2.41. The maximum Gasteiger partial charge on any atom is 0.0714 e. The Kier molecular flexibility index (Phi) is 6.03. The largest absolute Gasteiger partial charge is 0.395 e. The molecular weight excluding hydrogens is 345 g/mol. The Labute approximate surface area is 125 Å². The Hall–Kier alpha value is -0.180. The standard InChI is InChI=1S/C12H21N3O2.HI/c1-9-10(5-13-14(9)2)6-15-7-12(17-3)4-11(15)8-16;/h5,11-12,16H,4,6-8H2,1-3H3;1H/t11-,12+;/m0./s1. The van der Waals surface area contributed by atoms with E-state index in [1.807, 2.05) is 17.9 Å². The van der Waals surface area contributed by atoms with Crippen LogP contribution in [0.25, 0.3) is 0 Å². The number of ether oxygens (including phenoxy) is 1. The van der Waals surface area contributed by atoms with E-state index in [1.54, 1.807) is 7.11 Å². The average Bonchev–Trinajstić information content (AvgIpc) is 2.87. The predicted molar refractivity (Wildman–Crippen MR) is 80.1 cm³/mol. The summed E-state index contributed by atoms with van der Waals surface area (Å²) >= 11 is 0. The van der Waals surface area contributed by atoms with E-state index in [4.69, 9.17) is 4.74 Å². The Balaban J connectivity index is 0.00000162. The maximum atomic E-state index is 9.38. The third-order valence-electron chi connectivity index (χ3n) is 3.74. The first-order chi connectivity index (χ1) is 8.15. The number of aliphatic hydroxyl groups excluding tert-OH is 1. The molecule has 18 heavy (non-hydrogen) atoms. The molecule has 5 nitrogen and oxygen atoms in total. The van der Waals surface area contributed by atoms with Crippen LogP contribution in [-0.2, 0) is 18.3 Å². The predicted octanol–water partition coefficient (Wildman–Crippen LogP) is 0.928. The number of aryl methyl sites for hydroxylation is 1. The molecule has 104 valence electrons. The lowest BCUT2D eigenvalue weighted by atomic mass is 10.2. The van der Waals surface area contributed by atoms with E-state index in [9.17, 15) is 5.11 Å². The second kappa shape index (κ2) is 6.83. The Morgan fingerprint density at radius 1 is 1.56 bits per heavy atom. The number of nitrogens with zero attached hydrogens (tertiary/aromatic N) is 3. The van der Waals surface area contributed by atoms with E-state index in [0.717, 1.165) is 19.5 Å². The summed E-state index contributed by atoms with van der Waals surface area (Å²) in [7, 11) is 3.68. The number of likely N-dealkylation sites (tertiary alicyclic amines) is 1. The smallest absolute Gasteiger partial charge is 0.0714 e. The molecule has 6 heteroatoms. The number of rotatable bonds is 4. The maximum absolute atomic E-state index is 9.38. The van der Waals surface area contributed by atoms with Gasteiger partial charge in [0.2, 0.25) is 0 Å². The van der Waals surface area contributed by atoms with Crippen molar-refractivity contribution in [2.24, 2.45) is 7.05 Å². The number of hydrogen-bond donors (Lipinski definition) is 1. The van der Waals surface area contributed by atoms with Gasteiger partial charge in [-0.05, 0) is 13.3 Å². The molecule has 0 bridgehead atoms. The summed E-state index contributed by atoms with van der Waals surface area (Å²) in [4.78, 5) is 2.28. The van der Waals surface area contributed by atoms with Gasteiger partial charge in [0.05, 0.1) is 18.9 Å². The van der Waals surface area contributed by atoms with Gasteiger partial charge in [0.25, 0.3) is 0 Å². The van der Waals surface area contributed by atoms with Crippen molar-refractivity contribution in [1.29, 1.82) is 0 Å². The second-order valence-corrected chi connectivity index (χ2v) is 4.74. The SMILES string of the molecule is CO[C@@H]1C[C@@H](CO)N(Cc2cnn(C)c2C)C1.I. The van der Waals surface area contributed by atoms with Gasteiger partial charge in [0.15, 0.2) is 0 Å². The minimum Gasteiger partial charge on any atom is -0.395 e. The molecule has 2 heterocycles. The van der Waals surface area contributed by atoms with Crippen molar-refractivity contribution in [2.75, 3.05) is 20.3 Å². The monoisotopic (exact) mass is 367 g/mol. The van der Waals surface area contributed by atoms with Crippen LogP contribution in [0.5, 0.6) is 0 Å². The Morgan fingerprint density at radius 2 is 2.28 bits per heavy atom. The molecule has 1 aliphatic heterocycles. The van der Waals surface area contributed by atoms with Gasteiger partial charge in [0, 0.05) is 44.5 Å². The second-order valence-electron chi connectivity index (χ2n) is 4.74. The van der Waals surface area contributed by atoms with E-state index >= 15 is 0 Å². The minimum absolute atomic E-state index is 0. The van der Waals surface area contributed by atoms with E-state index in [0.29, 0.717) is 0 Å². The summed E-state index contributed by atoms with van der Waals surface area (Å²) in [5, 5.41) is 13.6. The molecule has 1 aromatic rings. The molecule has 1 aliphatic rings. The van der Waals surface area contributed by atoms with E-state index in [-0.39, 0.29) is 42.7 Å². The first kappa shape index (κ1) is 15.9. The van der Waals surface area contributed by atoms with Gasteiger partial charge in [-0.2, -0.15) is 5.10 Å². The fourth-order valence-electron chi connectivity index (χ4n) is 2.41. The minimum atomic E-state index is 0. The first-order valence-corrected chi connectivity index (χ1v) is 6.01. The molecule has 1 saturated heterocycles. The van der Waals surface area contributed by atoms with Gasteiger partial charge in [-0.1, -0.05) is 0 Å². The third kappa shape index (κ3) is 3.23. The van der Waals surface area contributed by atoms with Crippen LogP contribution in [0.15, 0.2) is 6.20 Å². The van der Waals surface area contributed by atoms with Crippen LogP contribution in [0, 0.1) is 6.92 Å². The van der Waals surface area contributed by atoms with Crippen molar-refractivity contribution in [1.82, 2.24) is 14.7 Å². The number of aromatic nitrogens is 2. The highest BCUT2D eigenvalue weighted by atomic mass is 127. The van der Waals surface area contributed by atoms with Crippen molar-refractivity contribution in [2.45, 2.75) is 32.0 Å². The van der Waals surface area contributed by atoms with Crippen LogP contribution in [-0.4, -0.2) is 52.2 Å². The van der Waals surface area contributed by atoms with Gasteiger partial charge >= 0.3 is 0 Å². The number of hydrogen-bond acceptors (Lipinski definition) is 4. The summed E-state index contributed by atoms with van der Waals surface area (Å²) in [5.74, 6) is 0. The molecule has 0 unspecified atom stereocenters. The normalized spacial score (nSPS) is 24.2. The molecule has 0 amide bonds. The molecule has 0 saturated carbocycles. The van der Waals surface area contributed by atoms with Crippen LogP contribution in [0.4, 0.5) is 0 Å². The van der Waals surface area contributed by atoms with Crippen LogP contribution >= 0.6 is 24.0 Å². The van der Waals surface area contributed by atoms with Crippen LogP contribution in [0.2, 0.25) is 0 Å². The number of halogens is 1. The van der Waals surface area contributed by atoms with Crippen LogP contribution in [0.1, 0.15) is 17.7 Å². The van der Waals surface area contributed by atoms with Gasteiger partial charge in [-0.3, -0.25) is 9.58 Å². The highest BCUT2D eigenvalue weighted by Gasteiger charge is 2.31. The Morgan fingerprint density at radius 3 is 2.78 bits per heavy atom. The van der Waals surface area contributed by atoms with Gasteiger partial charge in [0.1, 0.15) is 0 Å². The number of methoxy groups -OCH3 is 1. The zero-order valence-corrected chi connectivity index (χ0v) is 13.5. The van der Waals surface area contributed by atoms with Crippen LogP contribution < -0.4 is 0 Å². The molecule has 1 fully saturated rings. The summed E-state index contributed by atoms with van der Waals surface area (Å²) < 4.78 is 7.26. The van der Waals surface area contributed by atoms with Gasteiger partial charge in [-0.15, -0.1) is 24.0 Å². The molecule has 0 radical (unpaired) electrons. The number of aliphatic hydroxyl groups is 1. The fourth-order valence-corrected chi connectivity index (χ4v) is 2.41. The average molecular weight is 367 g/mol. The molecule has 2 atom stereocenters. The summed E-state index contributed by atoms with van der Waals surface area (Å²) in [6.45, 7) is 3.99. The topological polar surface area (TPSA) is 50.5 Å². The van der Waals surface area contributed by atoms with Crippen molar-refractivity contribution in [3.8, 4) is 0 Å². The third-order valence-corrected chi connectivity index (χ3v) is 3.74. The van der Waals surface area contributed by atoms with E-state index in [1.165, 1.54) is 11.3 Å². The molecule has 1 aromatic heterocycles. The fraction of sp³-hybridized carbons (Fsp3) is 0.750. The summed E-state index contributed by atoms with van der Waals surface area (Å²) in [6.07, 6.45) is 3.06. The molecule has 2 rings (SSSR count). The highest BCUT2D eigenvalue weighted by Crippen LogP contribution is 2.22. The molecule has 0 aromatic carbocycles. The van der Waals surface area contributed by atoms with Crippen molar-refractivity contribution in [3.63, 3.8) is 0 Å². The van der Waals surface area contributed by atoms with Crippen LogP contribution in [0.3, 0.4) is 0 Å². The van der Waals surface area contributed by atoms with Gasteiger partial charge < -0.3 is 9.84 Å². The molecule has 0 spiro atoms. The van der Waals surface area contributed by atoms with E-state index < -0.39 is 0 Å². The lowest BCUT2D eigenvalue weighted by Crippen LogP contribution is -2.32. The van der Waals surface area contributed by atoms with Crippen molar-refractivity contribution in [3.05, 3.63) is 17.5 Å². The van der Waals surface area contributed by atoms with Gasteiger partial charge in [-0.25, -0.2) is 0 Å². The van der Waals surface area contributed by atoms with E-state index in [2.05, 4.69) is 16.9 Å². The zero-order chi connectivity index (χ0) is 12.4. The lowest BCUT2D eigenvalue weighted by molar-refractivity contribution is 0.107. The summed E-state index contributed by atoms with van der Waals surface area (Å²) in [6, 6.07) is 0.208. The molecular formula is C12H22IN3O2. The highest BCUT2D eigenvalue weighted by molar-refractivity contribution is 14.0. The lowest BCUT2D eigenvalue weighted by Gasteiger charge is -2.21. The Bertz CT molecular complexity index is 383. The first-order valence-electron chi connectivity index (χ1n) is 6.01. The zero-order valence-electron chi connectivity index (χ0n) is 11.2. The molecule has 0 aliphatic carbocycles. The molecule has 1 N–H and O–H groups in total.